The van der Waals surface area contributed by atoms with Gasteiger partial charge in [-0.3, -0.25) is 14.4 Å². The molecule has 1 saturated heterocycles. The Balaban J connectivity index is 1.26. The van der Waals surface area contributed by atoms with Crippen molar-refractivity contribution in [3.8, 4) is 5.75 Å². The molecular weight excluding hydrogens is 473 g/mol. The number of ether oxygens (including phenoxy) is 1. The number of carbonyl (C=O) groups excluding carboxylic acids is 3. The Morgan fingerprint density at radius 1 is 1.03 bits per heavy atom. The number of methoxy groups -OCH3 is 1. The molecule has 1 fully saturated rings. The van der Waals surface area contributed by atoms with Crippen LogP contribution in [0.4, 0.5) is 15.8 Å². The highest BCUT2D eigenvalue weighted by molar-refractivity contribution is 7.15. The van der Waals surface area contributed by atoms with Gasteiger partial charge in [-0.1, -0.05) is 17.4 Å². The summed E-state index contributed by atoms with van der Waals surface area (Å²) >= 11 is 0.907. The second kappa shape index (κ2) is 11.0. The number of anilines is 2. The van der Waals surface area contributed by atoms with Gasteiger partial charge >= 0.3 is 0 Å². The first kappa shape index (κ1) is 24.3. The topological polar surface area (TPSA) is 114 Å². The summed E-state index contributed by atoms with van der Waals surface area (Å²) in [5.41, 5.74) is 1.09. The minimum atomic E-state index is -0.520. The van der Waals surface area contributed by atoms with Gasteiger partial charge < -0.3 is 20.3 Å². The van der Waals surface area contributed by atoms with E-state index in [4.69, 9.17) is 4.74 Å². The molecule has 0 aliphatic carbocycles. The van der Waals surface area contributed by atoms with Crippen molar-refractivity contribution in [1.82, 2.24) is 15.1 Å². The fourth-order valence-electron chi connectivity index (χ4n) is 3.77. The quantitative estimate of drug-likeness (QED) is 0.513. The molecule has 3 aromatic rings. The van der Waals surface area contributed by atoms with E-state index in [0.29, 0.717) is 49.5 Å². The minimum absolute atomic E-state index is 0.0433. The van der Waals surface area contributed by atoms with Crippen LogP contribution < -0.4 is 15.4 Å². The van der Waals surface area contributed by atoms with Gasteiger partial charge in [0, 0.05) is 37.0 Å². The van der Waals surface area contributed by atoms with Crippen molar-refractivity contribution in [2.24, 2.45) is 5.92 Å². The third kappa shape index (κ3) is 6.38. The van der Waals surface area contributed by atoms with Crippen LogP contribution in [0.5, 0.6) is 5.75 Å². The number of aromatic nitrogens is 2. The predicted octanol–water partition coefficient (Wildman–Crippen LogP) is 3.82. The largest absolute Gasteiger partial charge is 0.497 e. The van der Waals surface area contributed by atoms with E-state index < -0.39 is 11.7 Å². The fourth-order valence-corrected chi connectivity index (χ4v) is 4.48. The monoisotopic (exact) mass is 497 g/mol. The van der Waals surface area contributed by atoms with Crippen molar-refractivity contribution in [1.29, 1.82) is 0 Å². The third-order valence-electron chi connectivity index (χ3n) is 5.63. The van der Waals surface area contributed by atoms with E-state index in [0.717, 1.165) is 11.3 Å². The third-order valence-corrected chi connectivity index (χ3v) is 6.54. The highest BCUT2D eigenvalue weighted by Gasteiger charge is 2.28. The Morgan fingerprint density at radius 3 is 2.46 bits per heavy atom. The number of benzene rings is 2. The summed E-state index contributed by atoms with van der Waals surface area (Å²) in [7, 11) is 1.57. The molecule has 2 N–H and O–H groups in total. The van der Waals surface area contributed by atoms with Gasteiger partial charge in [-0.25, -0.2) is 4.39 Å². The highest BCUT2D eigenvalue weighted by atomic mass is 32.1. The number of halogens is 1. The number of nitrogens with zero attached hydrogens (tertiary/aromatic N) is 3. The van der Waals surface area contributed by atoms with E-state index in [1.807, 2.05) is 6.07 Å². The zero-order chi connectivity index (χ0) is 24.8. The molecule has 3 amide bonds. The van der Waals surface area contributed by atoms with Crippen LogP contribution in [-0.4, -0.2) is 53.0 Å². The number of hydrogen-bond acceptors (Lipinski definition) is 7. The van der Waals surface area contributed by atoms with Crippen LogP contribution >= 0.6 is 11.3 Å². The first-order valence-electron chi connectivity index (χ1n) is 11.0. The molecule has 1 aliphatic rings. The van der Waals surface area contributed by atoms with E-state index in [-0.39, 0.29) is 27.7 Å². The first-order valence-corrected chi connectivity index (χ1v) is 11.9. The van der Waals surface area contributed by atoms with Crippen molar-refractivity contribution in [3.05, 3.63) is 64.4 Å². The molecule has 0 saturated carbocycles. The lowest BCUT2D eigenvalue weighted by Crippen LogP contribution is -2.39. The standard InChI is InChI=1S/C24H24FN5O4S/c1-34-19-4-2-3-18(14-19)26-20(31)13-15-9-11-30(12-10-15)24(33)23-29-28-22(35-23)21(32)27-17-7-5-16(25)6-8-17/h2-8,14-15H,9-13H2,1H3,(H,26,31)(H,27,32). The Bertz CT molecular complexity index is 1210. The smallest absolute Gasteiger partial charge is 0.286 e. The van der Waals surface area contributed by atoms with Crippen LogP contribution in [0.3, 0.4) is 0 Å². The lowest BCUT2D eigenvalue weighted by molar-refractivity contribution is -0.117. The van der Waals surface area contributed by atoms with Crippen LogP contribution in [0.15, 0.2) is 48.5 Å². The van der Waals surface area contributed by atoms with Crippen molar-refractivity contribution in [2.75, 3.05) is 30.8 Å². The summed E-state index contributed by atoms with van der Waals surface area (Å²) in [6, 6.07) is 12.5. The van der Waals surface area contributed by atoms with Gasteiger partial charge in [-0.05, 0) is 55.2 Å². The second-order valence-corrected chi connectivity index (χ2v) is 9.07. The molecule has 0 radical (unpaired) electrons. The van der Waals surface area contributed by atoms with Crippen molar-refractivity contribution in [2.45, 2.75) is 19.3 Å². The summed E-state index contributed by atoms with van der Waals surface area (Å²) in [6.45, 7) is 0.985. The van der Waals surface area contributed by atoms with Crippen molar-refractivity contribution in [3.63, 3.8) is 0 Å². The van der Waals surface area contributed by atoms with Crippen LogP contribution in [0.25, 0.3) is 0 Å². The molecule has 0 spiro atoms. The lowest BCUT2D eigenvalue weighted by atomic mass is 9.93. The van der Waals surface area contributed by atoms with Gasteiger partial charge in [-0.2, -0.15) is 0 Å². The van der Waals surface area contributed by atoms with Gasteiger partial charge in [0.1, 0.15) is 11.6 Å². The molecule has 182 valence electrons. The molecule has 2 heterocycles. The van der Waals surface area contributed by atoms with Crippen molar-refractivity contribution < 1.29 is 23.5 Å². The molecule has 1 aliphatic heterocycles. The van der Waals surface area contributed by atoms with E-state index in [1.165, 1.54) is 24.3 Å². The average molecular weight is 498 g/mol. The number of piperidine rings is 1. The average Bonchev–Trinajstić information content (AvgIpc) is 3.36. The lowest BCUT2D eigenvalue weighted by Gasteiger charge is -2.31. The normalized spacial score (nSPS) is 13.8. The predicted molar refractivity (Wildman–Crippen MR) is 129 cm³/mol. The summed E-state index contributed by atoms with van der Waals surface area (Å²) < 4.78 is 18.2. The summed E-state index contributed by atoms with van der Waals surface area (Å²) in [6.07, 6.45) is 1.74. The molecule has 1 aromatic heterocycles. The minimum Gasteiger partial charge on any atom is -0.497 e. The molecule has 11 heteroatoms. The number of likely N-dealkylation sites (tertiary alicyclic amines) is 1. The van der Waals surface area contributed by atoms with E-state index >= 15 is 0 Å². The molecule has 9 nitrogen and oxygen atoms in total. The Hall–Kier alpha value is -3.86. The van der Waals surface area contributed by atoms with E-state index in [1.54, 1.807) is 30.2 Å². The SMILES string of the molecule is COc1cccc(NC(=O)CC2CCN(C(=O)c3nnc(C(=O)Nc4ccc(F)cc4)s3)CC2)c1. The highest BCUT2D eigenvalue weighted by Crippen LogP contribution is 2.24. The Labute approximate surface area is 205 Å². The Morgan fingerprint density at radius 2 is 1.74 bits per heavy atom. The molecule has 35 heavy (non-hydrogen) atoms. The number of amides is 3. The molecule has 4 rings (SSSR count). The molecular formula is C24H24FN5O4S. The first-order chi connectivity index (χ1) is 16.9. The van der Waals surface area contributed by atoms with Gasteiger partial charge in [-0.15, -0.1) is 10.2 Å². The van der Waals surface area contributed by atoms with Gasteiger partial charge in [0.15, 0.2) is 0 Å². The van der Waals surface area contributed by atoms with Gasteiger partial charge in [0.05, 0.1) is 7.11 Å². The summed E-state index contributed by atoms with van der Waals surface area (Å²) in [5.74, 6) is -0.466. The maximum Gasteiger partial charge on any atom is 0.286 e. The second-order valence-electron chi connectivity index (χ2n) is 8.09. The van der Waals surface area contributed by atoms with E-state index in [9.17, 15) is 18.8 Å². The summed E-state index contributed by atoms with van der Waals surface area (Å²) in [4.78, 5) is 39.3. The number of rotatable bonds is 7. The molecule has 0 bridgehead atoms. The van der Waals surface area contributed by atoms with Crippen LogP contribution in [0.1, 0.15) is 38.9 Å². The number of hydrogen-bond donors (Lipinski definition) is 2. The number of carbonyl (C=O) groups is 3. The van der Waals surface area contributed by atoms with Gasteiger partial charge in [0.25, 0.3) is 11.8 Å². The van der Waals surface area contributed by atoms with E-state index in [2.05, 4.69) is 20.8 Å². The number of nitrogens with one attached hydrogen (secondary N) is 2. The van der Waals surface area contributed by atoms with Crippen LogP contribution in [-0.2, 0) is 4.79 Å². The fraction of sp³-hybridized carbons (Fsp3) is 0.292. The summed E-state index contributed by atoms with van der Waals surface area (Å²) in [5, 5.41) is 13.4. The zero-order valence-corrected chi connectivity index (χ0v) is 19.8. The zero-order valence-electron chi connectivity index (χ0n) is 19.0. The molecule has 0 atom stereocenters. The van der Waals surface area contributed by atoms with Crippen LogP contribution in [0.2, 0.25) is 0 Å². The Kier molecular flexibility index (Phi) is 7.66. The molecule has 0 unspecified atom stereocenters. The molecule has 2 aromatic carbocycles. The van der Waals surface area contributed by atoms with Crippen molar-refractivity contribution >= 4 is 40.4 Å². The van der Waals surface area contributed by atoms with Crippen LogP contribution in [0, 0.1) is 11.7 Å². The van der Waals surface area contributed by atoms with Gasteiger partial charge in [0.2, 0.25) is 15.9 Å². The maximum atomic E-state index is 13.0. The maximum absolute atomic E-state index is 13.0.